The predicted octanol–water partition coefficient (Wildman–Crippen LogP) is 4.10. The van der Waals surface area contributed by atoms with Crippen LogP contribution in [0.1, 0.15) is 50.9 Å². The molecule has 0 aliphatic heterocycles. The monoisotopic (exact) mass is 301 g/mol. The number of aromatic amines is 1. The van der Waals surface area contributed by atoms with Gasteiger partial charge in [-0.1, -0.05) is 27.7 Å². The van der Waals surface area contributed by atoms with Gasteiger partial charge in [0.2, 0.25) is 0 Å². The summed E-state index contributed by atoms with van der Waals surface area (Å²) in [7, 11) is 0. The number of amides is 1. The Hall–Kier alpha value is -1.84. The number of nitrogens with zero attached hydrogens (tertiary/aromatic N) is 2. The van der Waals surface area contributed by atoms with Crippen molar-refractivity contribution in [3.63, 3.8) is 0 Å². The molecule has 0 saturated heterocycles. The fourth-order valence-electron chi connectivity index (χ4n) is 2.39. The van der Waals surface area contributed by atoms with Crippen LogP contribution in [0.25, 0.3) is 11.0 Å². The second-order valence-corrected chi connectivity index (χ2v) is 6.79. The molecule has 0 saturated carbocycles. The number of imidazole rings is 1. The molecular weight excluding hydrogens is 274 g/mol. The fraction of sp³-hybridized carbons (Fsp3) is 0.556. The van der Waals surface area contributed by atoms with Gasteiger partial charge in [-0.25, -0.2) is 4.98 Å². The summed E-state index contributed by atoms with van der Waals surface area (Å²) in [5.74, 6) is 1.33. The zero-order valence-electron chi connectivity index (χ0n) is 14.1. The smallest absolute Gasteiger partial charge is 0.253 e. The first-order valence-electron chi connectivity index (χ1n) is 8.19. The predicted molar refractivity (Wildman–Crippen MR) is 90.9 cm³/mol. The SMILES string of the molecule is CC(C)CCN(CCC(C)C)C(=O)c1ccc2nc[nH]c2c1. The van der Waals surface area contributed by atoms with Crippen molar-refractivity contribution in [3.05, 3.63) is 30.1 Å². The van der Waals surface area contributed by atoms with E-state index in [-0.39, 0.29) is 5.91 Å². The molecule has 0 fully saturated rings. The van der Waals surface area contributed by atoms with E-state index in [2.05, 4.69) is 37.7 Å². The third kappa shape index (κ3) is 4.33. The largest absolute Gasteiger partial charge is 0.345 e. The molecular formula is C18H27N3O. The number of aromatic nitrogens is 2. The van der Waals surface area contributed by atoms with Gasteiger partial charge in [0.1, 0.15) is 0 Å². The second kappa shape index (κ2) is 7.43. The van der Waals surface area contributed by atoms with Gasteiger partial charge in [0.05, 0.1) is 17.4 Å². The molecule has 0 aliphatic rings. The molecule has 0 radical (unpaired) electrons. The maximum Gasteiger partial charge on any atom is 0.253 e. The molecule has 1 N–H and O–H groups in total. The van der Waals surface area contributed by atoms with E-state index in [0.29, 0.717) is 11.8 Å². The van der Waals surface area contributed by atoms with Crippen LogP contribution in [0, 0.1) is 11.8 Å². The minimum absolute atomic E-state index is 0.123. The molecule has 1 aromatic heterocycles. The lowest BCUT2D eigenvalue weighted by Crippen LogP contribution is -2.34. The summed E-state index contributed by atoms with van der Waals surface area (Å²) in [4.78, 5) is 22.1. The zero-order chi connectivity index (χ0) is 16.1. The third-order valence-electron chi connectivity index (χ3n) is 3.91. The van der Waals surface area contributed by atoms with Crippen molar-refractivity contribution in [3.8, 4) is 0 Å². The lowest BCUT2D eigenvalue weighted by atomic mass is 10.1. The molecule has 2 rings (SSSR count). The summed E-state index contributed by atoms with van der Waals surface area (Å²) in [5.41, 5.74) is 2.55. The van der Waals surface area contributed by atoms with Gasteiger partial charge in [-0.2, -0.15) is 0 Å². The summed E-state index contributed by atoms with van der Waals surface area (Å²) in [6.07, 6.45) is 3.74. The Morgan fingerprint density at radius 1 is 1.14 bits per heavy atom. The van der Waals surface area contributed by atoms with Crippen molar-refractivity contribution >= 4 is 16.9 Å². The lowest BCUT2D eigenvalue weighted by Gasteiger charge is -2.24. The molecule has 2 aromatic rings. The van der Waals surface area contributed by atoms with Crippen molar-refractivity contribution in [1.29, 1.82) is 0 Å². The zero-order valence-corrected chi connectivity index (χ0v) is 14.1. The fourth-order valence-corrected chi connectivity index (χ4v) is 2.39. The molecule has 1 aromatic carbocycles. The average Bonchev–Trinajstić information content (AvgIpc) is 2.93. The molecule has 1 amide bonds. The van der Waals surface area contributed by atoms with E-state index in [1.165, 1.54) is 0 Å². The van der Waals surface area contributed by atoms with Gasteiger partial charge in [-0.05, 0) is 42.9 Å². The molecule has 4 nitrogen and oxygen atoms in total. The highest BCUT2D eigenvalue weighted by atomic mass is 16.2. The van der Waals surface area contributed by atoms with Crippen LogP contribution in [0.4, 0.5) is 0 Å². The van der Waals surface area contributed by atoms with E-state index in [1.807, 2.05) is 23.1 Å². The number of hydrogen-bond acceptors (Lipinski definition) is 2. The third-order valence-corrected chi connectivity index (χ3v) is 3.91. The van der Waals surface area contributed by atoms with Crippen LogP contribution < -0.4 is 0 Å². The van der Waals surface area contributed by atoms with E-state index in [9.17, 15) is 4.79 Å². The number of carbonyl (C=O) groups is 1. The Morgan fingerprint density at radius 3 is 2.36 bits per heavy atom. The summed E-state index contributed by atoms with van der Waals surface area (Å²) in [6.45, 7) is 10.4. The minimum Gasteiger partial charge on any atom is -0.345 e. The summed E-state index contributed by atoms with van der Waals surface area (Å²) in [6, 6.07) is 5.69. The molecule has 4 heteroatoms. The van der Waals surface area contributed by atoms with Gasteiger partial charge < -0.3 is 9.88 Å². The Morgan fingerprint density at radius 2 is 1.77 bits per heavy atom. The number of fused-ring (bicyclic) bond motifs is 1. The Kier molecular flexibility index (Phi) is 5.58. The maximum absolute atomic E-state index is 12.8. The van der Waals surface area contributed by atoms with E-state index in [4.69, 9.17) is 0 Å². The molecule has 0 aliphatic carbocycles. The first-order chi connectivity index (χ1) is 10.5. The molecule has 22 heavy (non-hydrogen) atoms. The highest BCUT2D eigenvalue weighted by molar-refractivity contribution is 5.97. The minimum atomic E-state index is 0.123. The summed E-state index contributed by atoms with van der Waals surface area (Å²) < 4.78 is 0. The highest BCUT2D eigenvalue weighted by Gasteiger charge is 2.17. The molecule has 0 atom stereocenters. The normalized spacial score (nSPS) is 11.5. The van der Waals surface area contributed by atoms with Gasteiger partial charge in [0, 0.05) is 18.7 Å². The van der Waals surface area contributed by atoms with E-state index in [0.717, 1.165) is 42.5 Å². The number of nitrogens with one attached hydrogen (secondary N) is 1. The molecule has 1 heterocycles. The molecule has 120 valence electrons. The van der Waals surface area contributed by atoms with Crippen LogP contribution >= 0.6 is 0 Å². The van der Waals surface area contributed by atoms with Crippen molar-refractivity contribution in [2.24, 2.45) is 11.8 Å². The van der Waals surface area contributed by atoms with Crippen LogP contribution in [-0.2, 0) is 0 Å². The van der Waals surface area contributed by atoms with E-state index < -0.39 is 0 Å². The number of hydrogen-bond donors (Lipinski definition) is 1. The van der Waals surface area contributed by atoms with Gasteiger partial charge in [-0.15, -0.1) is 0 Å². The standard InChI is InChI=1S/C18H27N3O/c1-13(2)7-9-21(10-8-14(3)4)18(22)15-5-6-16-17(11-15)20-12-19-16/h5-6,11-14H,7-10H2,1-4H3,(H,19,20). The first-order valence-corrected chi connectivity index (χ1v) is 8.19. The average molecular weight is 301 g/mol. The van der Waals surface area contributed by atoms with Gasteiger partial charge in [0.25, 0.3) is 5.91 Å². The highest BCUT2D eigenvalue weighted by Crippen LogP contribution is 2.15. The Labute approximate surface area is 132 Å². The Balaban J connectivity index is 2.14. The lowest BCUT2D eigenvalue weighted by molar-refractivity contribution is 0.0741. The molecule has 0 bridgehead atoms. The van der Waals surface area contributed by atoms with Crippen molar-refractivity contribution in [2.45, 2.75) is 40.5 Å². The summed E-state index contributed by atoms with van der Waals surface area (Å²) >= 11 is 0. The van der Waals surface area contributed by atoms with Crippen LogP contribution in [0.5, 0.6) is 0 Å². The second-order valence-electron chi connectivity index (χ2n) is 6.79. The number of benzene rings is 1. The van der Waals surface area contributed by atoms with E-state index >= 15 is 0 Å². The van der Waals surface area contributed by atoms with Gasteiger partial charge in [-0.3, -0.25) is 4.79 Å². The molecule has 0 unspecified atom stereocenters. The van der Waals surface area contributed by atoms with Crippen LogP contribution in [0.3, 0.4) is 0 Å². The van der Waals surface area contributed by atoms with Crippen molar-refractivity contribution in [2.75, 3.05) is 13.1 Å². The van der Waals surface area contributed by atoms with Gasteiger partial charge in [0.15, 0.2) is 0 Å². The van der Waals surface area contributed by atoms with Crippen LogP contribution in [0.15, 0.2) is 24.5 Å². The number of carbonyl (C=O) groups excluding carboxylic acids is 1. The van der Waals surface area contributed by atoms with E-state index in [1.54, 1.807) is 6.33 Å². The quantitative estimate of drug-likeness (QED) is 0.837. The topological polar surface area (TPSA) is 49.0 Å². The number of rotatable bonds is 7. The van der Waals surface area contributed by atoms with Crippen molar-refractivity contribution in [1.82, 2.24) is 14.9 Å². The van der Waals surface area contributed by atoms with Crippen LogP contribution in [0.2, 0.25) is 0 Å². The summed E-state index contributed by atoms with van der Waals surface area (Å²) in [5, 5.41) is 0. The van der Waals surface area contributed by atoms with Crippen molar-refractivity contribution < 1.29 is 4.79 Å². The first kappa shape index (κ1) is 16.5. The van der Waals surface area contributed by atoms with Crippen LogP contribution in [-0.4, -0.2) is 33.9 Å². The number of H-pyrrole nitrogens is 1. The van der Waals surface area contributed by atoms with Gasteiger partial charge >= 0.3 is 0 Å². The Bertz CT molecular complexity index is 604. The molecule has 0 spiro atoms. The maximum atomic E-state index is 12.8.